The first-order valence-electron chi connectivity index (χ1n) is 12.0. The zero-order valence-electron chi connectivity index (χ0n) is 19.6. The van der Waals surface area contributed by atoms with Crippen molar-refractivity contribution in [3.05, 3.63) is 52.6 Å². The van der Waals surface area contributed by atoms with Gasteiger partial charge < -0.3 is 9.80 Å². The van der Waals surface area contributed by atoms with Crippen LogP contribution in [0.2, 0.25) is 5.02 Å². The summed E-state index contributed by atoms with van der Waals surface area (Å²) in [7, 11) is 0. The number of rotatable bonds is 3. The van der Waals surface area contributed by atoms with Gasteiger partial charge in [-0.05, 0) is 42.7 Å². The van der Waals surface area contributed by atoms with E-state index >= 15 is 0 Å². The third-order valence-electron chi connectivity index (χ3n) is 7.97. The van der Waals surface area contributed by atoms with Crippen LogP contribution in [-0.4, -0.2) is 67.5 Å². The minimum atomic E-state index is -4.32. The van der Waals surface area contributed by atoms with Crippen molar-refractivity contribution < 1.29 is 13.2 Å². The third-order valence-corrected chi connectivity index (χ3v) is 8.21. The molecule has 13 heteroatoms. The van der Waals surface area contributed by atoms with Gasteiger partial charge in [-0.3, -0.25) is 9.47 Å². The Bertz CT molecular complexity index is 1440. The van der Waals surface area contributed by atoms with Gasteiger partial charge in [0, 0.05) is 49.4 Å². The molecule has 5 heterocycles. The highest BCUT2D eigenvalue weighted by molar-refractivity contribution is 6.30. The predicted octanol–water partition coefficient (Wildman–Crippen LogP) is 3.32. The predicted molar refractivity (Wildman–Crippen MR) is 127 cm³/mol. The molecule has 190 valence electrons. The van der Waals surface area contributed by atoms with E-state index in [4.69, 9.17) is 16.9 Å². The zero-order chi connectivity index (χ0) is 25.6. The fraction of sp³-hybridized carbons (Fsp3) is 0.458. The summed E-state index contributed by atoms with van der Waals surface area (Å²) in [5.41, 5.74) is 0.0419. The zero-order valence-corrected chi connectivity index (χ0v) is 20.3. The van der Waals surface area contributed by atoms with Crippen molar-refractivity contribution in [2.24, 2.45) is 5.41 Å². The number of anilines is 2. The molecule has 4 aliphatic rings. The molecule has 1 aliphatic carbocycles. The smallest absolute Gasteiger partial charge is 0.339 e. The molecular formula is C24H21ClF3N9. The van der Waals surface area contributed by atoms with Gasteiger partial charge in [-0.2, -0.15) is 18.4 Å². The van der Waals surface area contributed by atoms with Crippen molar-refractivity contribution in [1.29, 1.82) is 5.26 Å². The summed E-state index contributed by atoms with van der Waals surface area (Å²) >= 11 is 6.26. The molecular weight excluding hydrogens is 507 g/mol. The average Bonchev–Trinajstić information content (AvgIpc) is 3.57. The molecule has 0 unspecified atom stereocenters. The molecule has 37 heavy (non-hydrogen) atoms. The lowest BCUT2D eigenvalue weighted by atomic mass is 9.73. The van der Waals surface area contributed by atoms with Gasteiger partial charge in [0.15, 0.2) is 5.82 Å². The largest absolute Gasteiger partial charge is 0.406 e. The second-order valence-corrected chi connectivity index (χ2v) is 10.9. The molecule has 1 saturated carbocycles. The van der Waals surface area contributed by atoms with E-state index in [1.807, 2.05) is 21.6 Å². The third kappa shape index (κ3) is 3.40. The Morgan fingerprint density at radius 3 is 2.46 bits per heavy atom. The molecule has 3 aliphatic heterocycles. The number of hydrogen-bond donors (Lipinski definition) is 0. The first-order valence-corrected chi connectivity index (χ1v) is 12.4. The van der Waals surface area contributed by atoms with Crippen LogP contribution in [-0.2, 0) is 13.1 Å². The second-order valence-electron chi connectivity index (χ2n) is 10.5. The van der Waals surface area contributed by atoms with Crippen LogP contribution in [0.4, 0.5) is 25.1 Å². The Balaban J connectivity index is 1.15. The van der Waals surface area contributed by atoms with Crippen molar-refractivity contribution in [2.75, 3.05) is 36.0 Å². The van der Waals surface area contributed by atoms with E-state index in [0.29, 0.717) is 28.4 Å². The van der Waals surface area contributed by atoms with Crippen LogP contribution in [0.1, 0.15) is 29.9 Å². The summed E-state index contributed by atoms with van der Waals surface area (Å²) in [4.78, 5) is 14.2. The van der Waals surface area contributed by atoms with Crippen LogP contribution in [0.3, 0.4) is 0 Å². The highest BCUT2D eigenvalue weighted by atomic mass is 35.5. The Morgan fingerprint density at radius 2 is 1.76 bits per heavy atom. The minimum absolute atomic E-state index is 0.0480. The van der Waals surface area contributed by atoms with Crippen LogP contribution >= 0.6 is 11.6 Å². The Kier molecular flexibility index (Phi) is 4.64. The molecule has 2 aromatic heterocycles. The molecule has 2 saturated heterocycles. The number of halogens is 4. The van der Waals surface area contributed by atoms with Crippen molar-refractivity contribution in [1.82, 2.24) is 29.6 Å². The summed E-state index contributed by atoms with van der Waals surface area (Å²) in [5, 5.41) is 18.4. The Labute approximate surface area is 215 Å². The lowest BCUT2D eigenvalue weighted by Gasteiger charge is -2.60. The summed E-state index contributed by atoms with van der Waals surface area (Å²) in [5.74, 6) is 1.66. The highest BCUT2D eigenvalue weighted by Gasteiger charge is 2.67. The fourth-order valence-electron chi connectivity index (χ4n) is 5.96. The summed E-state index contributed by atoms with van der Waals surface area (Å²) < 4.78 is 44.0. The molecule has 0 N–H and O–H groups in total. The molecule has 1 aromatic carbocycles. The van der Waals surface area contributed by atoms with Gasteiger partial charge in [0.2, 0.25) is 11.9 Å². The standard InChI is InChI=1S/C24H21ClF3N9/c25-16-1-2-18-15(7-16)9-36(23(4-5-23)24(26,27)28)10-19-32-33-21(37(18)19)35-13-22(14-35)11-34(12-22)20-30-6-3-17(8-29)31-20/h1-3,6-7H,4-5,9-14H2. The van der Waals surface area contributed by atoms with Gasteiger partial charge >= 0.3 is 6.18 Å². The topological polar surface area (TPSA) is 90.0 Å². The summed E-state index contributed by atoms with van der Waals surface area (Å²) in [6.45, 7) is 3.18. The molecule has 3 aromatic rings. The quantitative estimate of drug-likeness (QED) is 0.512. The van der Waals surface area contributed by atoms with E-state index in [0.717, 1.165) is 37.4 Å². The van der Waals surface area contributed by atoms with E-state index in [-0.39, 0.29) is 31.3 Å². The van der Waals surface area contributed by atoms with Crippen molar-refractivity contribution in [2.45, 2.75) is 37.6 Å². The lowest BCUT2D eigenvalue weighted by molar-refractivity contribution is -0.200. The molecule has 0 amide bonds. The van der Waals surface area contributed by atoms with E-state index < -0.39 is 11.7 Å². The summed E-state index contributed by atoms with van der Waals surface area (Å²) in [6.07, 6.45) is -2.57. The molecule has 0 atom stereocenters. The van der Waals surface area contributed by atoms with Crippen LogP contribution in [0, 0.1) is 16.7 Å². The highest BCUT2D eigenvalue weighted by Crippen LogP contribution is 2.55. The SMILES string of the molecule is N#Cc1ccnc(N2CC3(C2)CN(c2nnc4n2-c2ccc(Cl)cc2CN(C2(C(F)(F)F)CC2)C4)C3)n1. The monoisotopic (exact) mass is 527 g/mol. The Hall–Kier alpha value is -3.43. The van der Waals surface area contributed by atoms with Gasteiger partial charge in [-0.1, -0.05) is 11.6 Å². The molecule has 7 rings (SSSR count). The maximum Gasteiger partial charge on any atom is 0.406 e. The first-order chi connectivity index (χ1) is 17.7. The van der Waals surface area contributed by atoms with Crippen LogP contribution in [0.5, 0.6) is 0 Å². The van der Waals surface area contributed by atoms with E-state index in [1.54, 1.807) is 24.4 Å². The van der Waals surface area contributed by atoms with Crippen LogP contribution in [0.25, 0.3) is 5.69 Å². The van der Waals surface area contributed by atoms with Crippen molar-refractivity contribution >= 4 is 23.5 Å². The molecule has 3 fully saturated rings. The number of alkyl halides is 3. The second kappa shape index (κ2) is 7.55. The maximum atomic E-state index is 14.0. The number of fused-ring (bicyclic) bond motifs is 3. The van der Waals surface area contributed by atoms with Gasteiger partial charge in [-0.25, -0.2) is 9.97 Å². The number of aromatic nitrogens is 5. The van der Waals surface area contributed by atoms with Crippen molar-refractivity contribution in [3.8, 4) is 11.8 Å². The van der Waals surface area contributed by atoms with Gasteiger partial charge in [0.25, 0.3) is 0 Å². The fourth-order valence-corrected chi connectivity index (χ4v) is 6.16. The van der Waals surface area contributed by atoms with E-state index in [1.165, 1.54) is 4.90 Å². The maximum absolute atomic E-state index is 14.0. The van der Waals surface area contributed by atoms with Crippen LogP contribution in [0.15, 0.2) is 30.5 Å². The lowest BCUT2D eigenvalue weighted by Crippen LogP contribution is -2.73. The first kappa shape index (κ1) is 22.7. The molecule has 0 radical (unpaired) electrons. The summed E-state index contributed by atoms with van der Waals surface area (Å²) in [6, 6.07) is 8.94. The van der Waals surface area contributed by atoms with Crippen molar-refractivity contribution in [3.63, 3.8) is 0 Å². The van der Waals surface area contributed by atoms with E-state index in [9.17, 15) is 13.2 Å². The molecule has 0 bridgehead atoms. The number of hydrogen-bond acceptors (Lipinski definition) is 8. The van der Waals surface area contributed by atoms with Crippen LogP contribution < -0.4 is 9.80 Å². The molecule has 9 nitrogen and oxygen atoms in total. The van der Waals surface area contributed by atoms with Gasteiger partial charge in [0.05, 0.1) is 12.2 Å². The van der Waals surface area contributed by atoms with Gasteiger partial charge in [-0.15, -0.1) is 10.2 Å². The van der Waals surface area contributed by atoms with Gasteiger partial charge in [0.1, 0.15) is 17.3 Å². The van der Waals surface area contributed by atoms with E-state index in [2.05, 4.69) is 25.1 Å². The minimum Gasteiger partial charge on any atom is -0.339 e. The Morgan fingerprint density at radius 1 is 1.00 bits per heavy atom. The molecule has 1 spiro atoms. The average molecular weight is 528 g/mol. The number of nitrogens with zero attached hydrogens (tertiary/aromatic N) is 9. The number of benzene rings is 1. The number of nitriles is 1. The normalized spacial score (nSPS) is 21.4.